The molecule has 0 spiro atoms. The number of nitro benzene ring substituents is 1. The summed E-state index contributed by atoms with van der Waals surface area (Å²) < 4.78 is 4.50. The van der Waals surface area contributed by atoms with Crippen LogP contribution < -0.4 is 0 Å². The van der Waals surface area contributed by atoms with Gasteiger partial charge < -0.3 is 4.74 Å². The number of nitrogens with one attached hydrogen (secondary N) is 1. The number of carbonyl (C=O) groups excluding carboxylic acids is 1. The first-order valence-electron chi connectivity index (χ1n) is 4.45. The summed E-state index contributed by atoms with van der Waals surface area (Å²) in [4.78, 5) is 21.6. The van der Waals surface area contributed by atoms with E-state index >= 15 is 0 Å². The molecule has 2 rings (SSSR count). The van der Waals surface area contributed by atoms with Crippen molar-refractivity contribution in [3.63, 3.8) is 0 Å². The first kappa shape index (κ1) is 11.3. The molecular formula is C9H6ClN3O4. The van der Waals surface area contributed by atoms with Gasteiger partial charge in [-0.25, -0.2) is 4.79 Å². The maximum absolute atomic E-state index is 11.3. The van der Waals surface area contributed by atoms with Crippen LogP contribution >= 0.6 is 11.6 Å². The Morgan fingerprint density at radius 3 is 2.88 bits per heavy atom. The number of benzene rings is 1. The van der Waals surface area contributed by atoms with Gasteiger partial charge in [0.2, 0.25) is 0 Å². The van der Waals surface area contributed by atoms with Crippen LogP contribution in [-0.2, 0) is 4.74 Å². The number of hydrogen-bond donors (Lipinski definition) is 1. The Morgan fingerprint density at radius 2 is 2.29 bits per heavy atom. The molecule has 17 heavy (non-hydrogen) atoms. The lowest BCUT2D eigenvalue weighted by Crippen LogP contribution is -2.02. The fourth-order valence-electron chi connectivity index (χ4n) is 1.48. The van der Waals surface area contributed by atoms with E-state index in [1.54, 1.807) is 0 Å². The largest absolute Gasteiger partial charge is 0.465 e. The van der Waals surface area contributed by atoms with Crippen molar-refractivity contribution >= 4 is 34.2 Å². The molecule has 0 amide bonds. The average molecular weight is 256 g/mol. The quantitative estimate of drug-likeness (QED) is 0.502. The van der Waals surface area contributed by atoms with Crippen molar-refractivity contribution in [3.05, 3.63) is 33.0 Å². The zero-order valence-electron chi connectivity index (χ0n) is 8.56. The first-order valence-corrected chi connectivity index (χ1v) is 4.82. The highest BCUT2D eigenvalue weighted by Crippen LogP contribution is 2.31. The van der Waals surface area contributed by atoms with Crippen molar-refractivity contribution in [2.24, 2.45) is 0 Å². The van der Waals surface area contributed by atoms with Gasteiger partial charge >= 0.3 is 5.97 Å². The van der Waals surface area contributed by atoms with Crippen molar-refractivity contribution in [1.82, 2.24) is 10.2 Å². The van der Waals surface area contributed by atoms with Crippen LogP contribution in [0.15, 0.2) is 12.1 Å². The smallest absolute Gasteiger partial charge is 0.338 e. The van der Waals surface area contributed by atoms with Crippen LogP contribution in [0, 0.1) is 10.1 Å². The zero-order chi connectivity index (χ0) is 12.6. The van der Waals surface area contributed by atoms with Crippen molar-refractivity contribution in [2.75, 3.05) is 7.11 Å². The van der Waals surface area contributed by atoms with E-state index in [0.717, 1.165) is 6.07 Å². The number of aromatic nitrogens is 2. The van der Waals surface area contributed by atoms with Crippen LogP contribution in [0.2, 0.25) is 5.15 Å². The Kier molecular flexibility index (Phi) is 2.68. The monoisotopic (exact) mass is 255 g/mol. The minimum Gasteiger partial charge on any atom is -0.465 e. The molecule has 0 saturated carbocycles. The molecule has 0 saturated heterocycles. The summed E-state index contributed by atoms with van der Waals surface area (Å²) in [6, 6.07) is 2.50. The Labute approximate surface area is 99.5 Å². The number of nitrogens with zero attached hydrogens (tertiary/aromatic N) is 2. The molecule has 0 unspecified atom stereocenters. The molecule has 1 aromatic heterocycles. The number of non-ortho nitro benzene ring substituents is 1. The van der Waals surface area contributed by atoms with Crippen molar-refractivity contribution < 1.29 is 14.5 Å². The summed E-state index contributed by atoms with van der Waals surface area (Å²) in [7, 11) is 1.19. The number of H-pyrrole nitrogens is 1. The molecule has 8 heteroatoms. The highest BCUT2D eigenvalue weighted by Gasteiger charge is 2.21. The van der Waals surface area contributed by atoms with Crippen molar-refractivity contribution in [1.29, 1.82) is 0 Å². The number of fused-ring (bicyclic) bond motifs is 1. The molecule has 88 valence electrons. The van der Waals surface area contributed by atoms with Crippen LogP contribution in [0.5, 0.6) is 0 Å². The van der Waals surface area contributed by atoms with E-state index in [4.69, 9.17) is 11.6 Å². The summed E-state index contributed by atoms with van der Waals surface area (Å²) in [5.41, 5.74) is 0.0817. The number of ether oxygens (including phenoxy) is 1. The molecule has 0 aliphatic rings. The predicted molar refractivity (Wildman–Crippen MR) is 59.1 cm³/mol. The fraction of sp³-hybridized carbons (Fsp3) is 0.111. The van der Waals surface area contributed by atoms with E-state index < -0.39 is 10.9 Å². The van der Waals surface area contributed by atoms with Gasteiger partial charge in [0.1, 0.15) is 5.39 Å². The average Bonchev–Trinajstić information content (AvgIpc) is 2.69. The molecule has 0 radical (unpaired) electrons. The molecule has 0 fully saturated rings. The van der Waals surface area contributed by atoms with E-state index in [1.165, 1.54) is 13.2 Å². The second-order valence-electron chi connectivity index (χ2n) is 3.18. The molecule has 0 aliphatic carbocycles. The van der Waals surface area contributed by atoms with Crippen LogP contribution in [0.3, 0.4) is 0 Å². The number of carbonyl (C=O) groups is 1. The summed E-state index contributed by atoms with van der Waals surface area (Å²) in [5, 5.41) is 17.2. The maximum atomic E-state index is 11.3. The van der Waals surface area contributed by atoms with Crippen LogP contribution in [0.25, 0.3) is 10.9 Å². The summed E-state index contributed by atoms with van der Waals surface area (Å²) in [6.45, 7) is 0. The lowest BCUT2D eigenvalue weighted by molar-refractivity contribution is -0.383. The minimum atomic E-state index is -0.666. The first-order chi connectivity index (χ1) is 8.04. The zero-order valence-corrected chi connectivity index (χ0v) is 9.32. The normalized spacial score (nSPS) is 10.5. The Hall–Kier alpha value is -2.15. The van der Waals surface area contributed by atoms with Crippen LogP contribution in [-0.4, -0.2) is 28.2 Å². The molecule has 7 nitrogen and oxygen atoms in total. The minimum absolute atomic E-state index is 0.0110. The molecule has 0 bridgehead atoms. The standard InChI is InChI=1S/C9H6ClN3O4/c1-17-9(14)4-2-5-7(8(10)12-11-5)6(3-4)13(15)16/h2-3H,1H3,(H,11,12). The van der Waals surface area contributed by atoms with Gasteiger partial charge in [-0.1, -0.05) is 11.6 Å². The van der Waals surface area contributed by atoms with Gasteiger partial charge in [-0.15, -0.1) is 0 Å². The lowest BCUT2D eigenvalue weighted by Gasteiger charge is -2.00. The maximum Gasteiger partial charge on any atom is 0.338 e. The van der Waals surface area contributed by atoms with E-state index in [1.807, 2.05) is 0 Å². The van der Waals surface area contributed by atoms with E-state index in [9.17, 15) is 14.9 Å². The molecule has 2 aromatic rings. The van der Waals surface area contributed by atoms with Gasteiger partial charge in [0.25, 0.3) is 5.69 Å². The van der Waals surface area contributed by atoms with Crippen LogP contribution in [0.4, 0.5) is 5.69 Å². The lowest BCUT2D eigenvalue weighted by atomic mass is 10.1. The van der Waals surface area contributed by atoms with Gasteiger partial charge in [-0.05, 0) is 6.07 Å². The van der Waals surface area contributed by atoms with E-state index in [0.29, 0.717) is 5.52 Å². The Balaban J connectivity index is 2.77. The van der Waals surface area contributed by atoms with Gasteiger partial charge in [-0.3, -0.25) is 15.2 Å². The third-order valence-electron chi connectivity index (χ3n) is 2.22. The topological polar surface area (TPSA) is 98.1 Å². The molecule has 0 atom stereocenters. The number of esters is 1. The number of rotatable bonds is 2. The van der Waals surface area contributed by atoms with Crippen LogP contribution in [0.1, 0.15) is 10.4 Å². The van der Waals surface area contributed by atoms with E-state index in [-0.39, 0.29) is 21.8 Å². The Morgan fingerprint density at radius 1 is 1.59 bits per heavy atom. The highest BCUT2D eigenvalue weighted by molar-refractivity contribution is 6.35. The number of halogens is 1. The highest BCUT2D eigenvalue weighted by atomic mass is 35.5. The van der Waals surface area contributed by atoms with Gasteiger partial charge in [0, 0.05) is 6.07 Å². The summed E-state index contributed by atoms with van der Waals surface area (Å²) in [5.74, 6) is -0.666. The fourth-order valence-corrected chi connectivity index (χ4v) is 1.72. The third-order valence-corrected chi connectivity index (χ3v) is 2.49. The number of hydrogen-bond acceptors (Lipinski definition) is 5. The second kappa shape index (κ2) is 4.02. The number of aromatic amines is 1. The third kappa shape index (κ3) is 1.80. The van der Waals surface area contributed by atoms with Gasteiger partial charge in [-0.2, -0.15) is 5.10 Å². The molecular weight excluding hydrogens is 250 g/mol. The molecule has 1 aromatic carbocycles. The van der Waals surface area contributed by atoms with Gasteiger partial charge in [0.05, 0.1) is 23.1 Å². The summed E-state index contributed by atoms with van der Waals surface area (Å²) >= 11 is 5.72. The second-order valence-corrected chi connectivity index (χ2v) is 3.54. The number of nitro groups is 1. The predicted octanol–water partition coefficient (Wildman–Crippen LogP) is 1.91. The van der Waals surface area contributed by atoms with Gasteiger partial charge in [0.15, 0.2) is 5.15 Å². The Bertz CT molecular complexity index is 622. The number of methoxy groups -OCH3 is 1. The molecule has 0 aliphatic heterocycles. The SMILES string of the molecule is COC(=O)c1cc([N+](=O)[O-])c2c(Cl)n[nH]c2c1. The molecule has 1 N–H and O–H groups in total. The van der Waals surface area contributed by atoms with Crippen molar-refractivity contribution in [3.8, 4) is 0 Å². The van der Waals surface area contributed by atoms with Crippen molar-refractivity contribution in [2.45, 2.75) is 0 Å². The summed E-state index contributed by atoms with van der Waals surface area (Å²) in [6.07, 6.45) is 0. The molecule has 1 heterocycles. The van der Waals surface area contributed by atoms with E-state index in [2.05, 4.69) is 14.9 Å².